The molecule has 93 heavy (non-hydrogen) atoms. The Hall–Kier alpha value is -12.2. The standard InChI is InChI=1S/C85H53N7S/c1-4-19-56(20-5-1)73-53-74(57-21-6-2-7-22-57)87-82(86-73)59-39-37-54(38-40-59)55-41-46-65(47-42-55)92-76-34-14-11-29-71(76)80-66(30-18-35-78(80)92)61-25-16-26-63(51-61)85-89-83(58-23-8-3-9-24-58)88-84(90-85)60-43-48-64(49-44-60)91-75-33-13-10-27-68(75)72-52-62(45-50-77(72)91)67-31-17-32-70-69-28-12-15-36-79(69)93-81(67)70/h1-53H. The first-order chi connectivity index (χ1) is 46.1. The van der Waals surface area contributed by atoms with Crippen LogP contribution in [0.4, 0.5) is 0 Å². The van der Waals surface area contributed by atoms with E-state index >= 15 is 0 Å². The predicted molar refractivity (Wildman–Crippen MR) is 386 cm³/mol. The molecule has 13 aromatic carbocycles. The van der Waals surface area contributed by atoms with E-state index in [2.05, 4.69) is 276 Å². The second-order valence-corrected chi connectivity index (χ2v) is 24.6. The highest BCUT2D eigenvalue weighted by molar-refractivity contribution is 7.26. The maximum Gasteiger partial charge on any atom is 0.164 e. The number of aromatic nitrogens is 7. The van der Waals surface area contributed by atoms with Gasteiger partial charge >= 0.3 is 0 Å². The van der Waals surface area contributed by atoms with Gasteiger partial charge in [0.05, 0.1) is 33.5 Å². The van der Waals surface area contributed by atoms with Crippen LogP contribution in [0.1, 0.15) is 0 Å². The number of hydrogen-bond donors (Lipinski definition) is 0. The van der Waals surface area contributed by atoms with Crippen molar-refractivity contribution in [3.8, 4) is 113 Å². The largest absolute Gasteiger partial charge is 0.309 e. The summed E-state index contributed by atoms with van der Waals surface area (Å²) in [7, 11) is 0. The highest BCUT2D eigenvalue weighted by Crippen LogP contribution is 2.44. The van der Waals surface area contributed by atoms with Crippen LogP contribution in [0.5, 0.6) is 0 Å². The molecule has 0 aliphatic rings. The predicted octanol–water partition coefficient (Wildman–Crippen LogP) is 22.2. The van der Waals surface area contributed by atoms with E-state index in [9.17, 15) is 0 Å². The van der Waals surface area contributed by atoms with Gasteiger partial charge in [-0.2, -0.15) is 0 Å². The third kappa shape index (κ3) is 9.47. The van der Waals surface area contributed by atoms with Gasteiger partial charge in [-0.05, 0) is 118 Å². The van der Waals surface area contributed by atoms with Crippen molar-refractivity contribution in [1.82, 2.24) is 34.1 Å². The van der Waals surface area contributed by atoms with Gasteiger partial charge in [0, 0.05) is 86.5 Å². The highest BCUT2D eigenvalue weighted by atomic mass is 32.1. The van der Waals surface area contributed by atoms with Crippen molar-refractivity contribution >= 4 is 75.1 Å². The fourth-order valence-corrected chi connectivity index (χ4v) is 14.8. The second-order valence-electron chi connectivity index (χ2n) is 23.5. The third-order valence-corrected chi connectivity index (χ3v) is 19.3. The summed E-state index contributed by atoms with van der Waals surface area (Å²) in [4.78, 5) is 25.8. The summed E-state index contributed by atoms with van der Waals surface area (Å²) < 4.78 is 7.38. The molecule has 0 atom stereocenters. The molecule has 0 saturated heterocycles. The zero-order valence-corrected chi connectivity index (χ0v) is 51.0. The zero-order valence-electron chi connectivity index (χ0n) is 50.1. The number of hydrogen-bond acceptors (Lipinski definition) is 6. The maximum absolute atomic E-state index is 5.29. The fraction of sp³-hybridized carbons (Fsp3) is 0. The summed E-state index contributed by atoms with van der Waals surface area (Å²) in [6.07, 6.45) is 0. The molecule has 18 aromatic rings. The van der Waals surface area contributed by atoms with Gasteiger partial charge in [0.15, 0.2) is 23.3 Å². The Labute approximate surface area is 540 Å². The Morgan fingerprint density at radius 1 is 0.226 bits per heavy atom. The highest BCUT2D eigenvalue weighted by Gasteiger charge is 2.21. The monoisotopic (exact) mass is 1200 g/mol. The van der Waals surface area contributed by atoms with E-state index in [1.165, 1.54) is 52.8 Å². The third-order valence-electron chi connectivity index (χ3n) is 18.0. The molecule has 0 fully saturated rings. The van der Waals surface area contributed by atoms with E-state index in [0.717, 1.165) is 100 Å². The Morgan fingerprint density at radius 3 is 1.30 bits per heavy atom. The summed E-state index contributed by atoms with van der Waals surface area (Å²) in [6.45, 7) is 0. The minimum Gasteiger partial charge on any atom is -0.309 e. The molecule has 0 saturated carbocycles. The van der Waals surface area contributed by atoms with Gasteiger partial charge in [-0.3, -0.25) is 0 Å². The summed E-state index contributed by atoms with van der Waals surface area (Å²) in [5.41, 5.74) is 21.1. The van der Waals surface area contributed by atoms with Gasteiger partial charge in [-0.1, -0.05) is 237 Å². The van der Waals surface area contributed by atoms with Crippen LogP contribution >= 0.6 is 11.3 Å². The van der Waals surface area contributed by atoms with Gasteiger partial charge in [0.25, 0.3) is 0 Å². The van der Waals surface area contributed by atoms with Gasteiger partial charge < -0.3 is 9.13 Å². The van der Waals surface area contributed by atoms with Crippen molar-refractivity contribution in [1.29, 1.82) is 0 Å². The summed E-state index contributed by atoms with van der Waals surface area (Å²) in [6, 6.07) is 114. The number of benzene rings is 13. The number of fused-ring (bicyclic) bond motifs is 9. The molecule has 0 bridgehead atoms. The Morgan fingerprint density at radius 2 is 0.634 bits per heavy atom. The molecular weight excluding hydrogens is 1150 g/mol. The molecule has 0 radical (unpaired) electrons. The Kier molecular flexibility index (Phi) is 12.9. The van der Waals surface area contributed by atoms with Gasteiger partial charge in [0.1, 0.15) is 0 Å². The summed E-state index contributed by atoms with van der Waals surface area (Å²) in [5, 5.41) is 7.38. The van der Waals surface area contributed by atoms with Crippen molar-refractivity contribution in [2.75, 3.05) is 0 Å². The summed E-state index contributed by atoms with van der Waals surface area (Å²) >= 11 is 1.87. The lowest BCUT2D eigenvalue weighted by molar-refractivity contribution is 1.07. The molecule has 0 unspecified atom stereocenters. The quantitative estimate of drug-likeness (QED) is 0.129. The summed E-state index contributed by atoms with van der Waals surface area (Å²) in [5.74, 6) is 2.50. The molecule has 7 nitrogen and oxygen atoms in total. The number of rotatable bonds is 11. The topological polar surface area (TPSA) is 74.3 Å². The van der Waals surface area contributed by atoms with Crippen LogP contribution in [0.15, 0.2) is 322 Å². The van der Waals surface area contributed by atoms with Crippen LogP contribution in [0.2, 0.25) is 0 Å². The molecule has 0 aliphatic carbocycles. The van der Waals surface area contributed by atoms with Gasteiger partial charge in [-0.25, -0.2) is 24.9 Å². The van der Waals surface area contributed by atoms with E-state index < -0.39 is 0 Å². The van der Waals surface area contributed by atoms with Crippen molar-refractivity contribution in [3.05, 3.63) is 322 Å². The number of thiophene rings is 1. The lowest BCUT2D eigenvalue weighted by atomic mass is 9.97. The Balaban J connectivity index is 0.670. The molecule has 0 amide bonds. The van der Waals surface area contributed by atoms with Crippen molar-refractivity contribution < 1.29 is 0 Å². The molecule has 5 aromatic heterocycles. The second kappa shape index (κ2) is 22.4. The molecule has 0 aliphatic heterocycles. The Bertz CT molecular complexity index is 5840. The zero-order chi connectivity index (χ0) is 61.3. The minimum absolute atomic E-state index is 0.599. The van der Waals surface area contributed by atoms with E-state index in [1.807, 2.05) is 65.9 Å². The lowest BCUT2D eigenvalue weighted by Gasteiger charge is -2.12. The molecule has 5 heterocycles. The fourth-order valence-electron chi connectivity index (χ4n) is 13.6. The maximum atomic E-state index is 5.29. The SMILES string of the molecule is c1ccc(-c2cc(-c3ccccc3)nc(-c3ccc(-c4ccc(-n5c6ccccc6c6c(-c7cccc(-c8nc(-c9ccccc9)nc(-c9ccc(-n%10c%11ccccc%11c%11cc(-c%12cccc%13c%12sc%12ccccc%12%13)ccc%11%10)cc9)n8)c7)cccc65)cc4)cc3)n2)cc1. The first-order valence-electron chi connectivity index (χ1n) is 31.3. The van der Waals surface area contributed by atoms with Crippen LogP contribution in [0.25, 0.3) is 177 Å². The molecule has 0 N–H and O–H groups in total. The average Bonchev–Trinajstić information content (AvgIpc) is 1.62. The molecule has 0 spiro atoms. The van der Waals surface area contributed by atoms with Crippen LogP contribution in [0.3, 0.4) is 0 Å². The molecule has 434 valence electrons. The number of para-hydroxylation sites is 2. The van der Waals surface area contributed by atoms with Crippen molar-refractivity contribution in [2.24, 2.45) is 0 Å². The molecule has 8 heteroatoms. The van der Waals surface area contributed by atoms with Crippen LogP contribution in [-0.4, -0.2) is 34.1 Å². The first-order valence-corrected chi connectivity index (χ1v) is 32.1. The van der Waals surface area contributed by atoms with E-state index in [1.54, 1.807) is 0 Å². The lowest BCUT2D eigenvalue weighted by Crippen LogP contribution is -2.00. The van der Waals surface area contributed by atoms with E-state index in [4.69, 9.17) is 24.9 Å². The molecule has 18 rings (SSSR count). The van der Waals surface area contributed by atoms with Crippen LogP contribution < -0.4 is 0 Å². The molecular formula is C85H53N7S. The van der Waals surface area contributed by atoms with Gasteiger partial charge in [0.2, 0.25) is 0 Å². The van der Waals surface area contributed by atoms with E-state index in [-0.39, 0.29) is 0 Å². The normalized spacial score (nSPS) is 11.7. The van der Waals surface area contributed by atoms with Crippen molar-refractivity contribution in [2.45, 2.75) is 0 Å². The van der Waals surface area contributed by atoms with E-state index in [0.29, 0.717) is 23.3 Å². The van der Waals surface area contributed by atoms with Crippen molar-refractivity contribution in [3.63, 3.8) is 0 Å². The van der Waals surface area contributed by atoms with Gasteiger partial charge in [-0.15, -0.1) is 11.3 Å². The van der Waals surface area contributed by atoms with Crippen LogP contribution in [-0.2, 0) is 0 Å². The van der Waals surface area contributed by atoms with Crippen LogP contribution in [0, 0.1) is 0 Å². The first kappa shape index (κ1) is 53.8. The number of nitrogens with zero attached hydrogens (tertiary/aromatic N) is 7. The average molecular weight is 1200 g/mol. The minimum atomic E-state index is 0.599. The smallest absolute Gasteiger partial charge is 0.164 e.